The molecule has 0 atom stereocenters. The van der Waals surface area contributed by atoms with E-state index < -0.39 is 0 Å². The lowest BCUT2D eigenvalue weighted by molar-refractivity contribution is 0.0675. The summed E-state index contributed by atoms with van der Waals surface area (Å²) in [4.78, 5) is 30.7. The molecule has 160 valence electrons. The topological polar surface area (TPSA) is 86.0 Å². The number of nitrogens with zero attached hydrogens (tertiary/aromatic N) is 6. The standard InChI is InChI=1S/C24H22N6OS/c1-3-7-17(8-4-2)29-11-13-30(14-12-29)24(31)18-16-32-22-20(15-25)27-23(28-21(18)22)19-9-5-6-10-26-19/h3-10,16H,1,11-14H2,2H3/b8-4-,17-7+. The van der Waals surface area contributed by atoms with Crippen LogP contribution in [-0.2, 0) is 0 Å². The van der Waals surface area contributed by atoms with Crippen LogP contribution in [0.1, 0.15) is 23.0 Å². The molecule has 1 fully saturated rings. The maximum Gasteiger partial charge on any atom is 0.257 e. The zero-order chi connectivity index (χ0) is 22.5. The number of amides is 1. The summed E-state index contributed by atoms with van der Waals surface area (Å²) >= 11 is 1.32. The molecule has 0 spiro atoms. The molecule has 1 amide bonds. The highest BCUT2D eigenvalue weighted by Crippen LogP contribution is 2.30. The van der Waals surface area contributed by atoms with Gasteiger partial charge in [0.2, 0.25) is 0 Å². The van der Waals surface area contributed by atoms with Crippen LogP contribution < -0.4 is 0 Å². The summed E-state index contributed by atoms with van der Waals surface area (Å²) < 4.78 is 0.624. The van der Waals surface area contributed by atoms with E-state index in [9.17, 15) is 10.1 Å². The summed E-state index contributed by atoms with van der Waals surface area (Å²) in [6.45, 7) is 8.44. The van der Waals surface area contributed by atoms with Crippen LogP contribution in [0.4, 0.5) is 0 Å². The van der Waals surface area contributed by atoms with Crippen LogP contribution in [0.3, 0.4) is 0 Å². The van der Waals surface area contributed by atoms with E-state index in [2.05, 4.69) is 32.5 Å². The Hall–Kier alpha value is -3.83. The first-order valence-corrected chi connectivity index (χ1v) is 11.1. The van der Waals surface area contributed by atoms with Gasteiger partial charge in [0.25, 0.3) is 5.91 Å². The fourth-order valence-corrected chi connectivity index (χ4v) is 4.57. The van der Waals surface area contributed by atoms with Gasteiger partial charge in [0, 0.05) is 43.5 Å². The monoisotopic (exact) mass is 442 g/mol. The Morgan fingerprint density at radius 3 is 2.66 bits per heavy atom. The van der Waals surface area contributed by atoms with Crippen LogP contribution in [0.5, 0.6) is 0 Å². The molecule has 3 aromatic heterocycles. The van der Waals surface area contributed by atoms with Crippen LogP contribution in [0.2, 0.25) is 0 Å². The van der Waals surface area contributed by atoms with Gasteiger partial charge in [0.15, 0.2) is 11.5 Å². The van der Waals surface area contributed by atoms with Gasteiger partial charge in [-0.05, 0) is 31.2 Å². The largest absolute Gasteiger partial charge is 0.368 e. The van der Waals surface area contributed by atoms with Crippen LogP contribution in [-0.4, -0.2) is 56.8 Å². The molecule has 0 aromatic carbocycles. The lowest BCUT2D eigenvalue weighted by Gasteiger charge is -2.36. The lowest BCUT2D eigenvalue weighted by atomic mass is 10.2. The molecule has 0 saturated carbocycles. The first kappa shape index (κ1) is 21.4. The Balaban J connectivity index is 1.62. The third-order valence-electron chi connectivity index (χ3n) is 5.20. The summed E-state index contributed by atoms with van der Waals surface area (Å²) in [5.41, 5.74) is 2.92. The number of carbonyl (C=O) groups excluding carboxylic acids is 1. The summed E-state index contributed by atoms with van der Waals surface area (Å²) in [6.07, 6.45) is 9.44. The summed E-state index contributed by atoms with van der Waals surface area (Å²) in [5, 5.41) is 11.4. The van der Waals surface area contributed by atoms with Gasteiger partial charge in [-0.25, -0.2) is 9.97 Å². The van der Waals surface area contributed by atoms with Crippen molar-refractivity contribution < 1.29 is 4.79 Å². The van der Waals surface area contributed by atoms with E-state index >= 15 is 0 Å². The van der Waals surface area contributed by atoms with Crippen molar-refractivity contribution in [1.29, 1.82) is 5.26 Å². The Bertz CT molecular complexity index is 1250. The molecule has 0 radical (unpaired) electrons. The van der Waals surface area contributed by atoms with E-state index in [1.807, 2.05) is 36.1 Å². The second-order valence-electron chi connectivity index (χ2n) is 7.16. The van der Waals surface area contributed by atoms with E-state index in [1.165, 1.54) is 11.3 Å². The molecular formula is C24H22N6OS. The minimum atomic E-state index is -0.0780. The molecule has 7 nitrogen and oxygen atoms in total. The molecule has 4 heterocycles. The number of aromatic nitrogens is 3. The van der Waals surface area contributed by atoms with Crippen molar-refractivity contribution in [2.24, 2.45) is 0 Å². The van der Waals surface area contributed by atoms with Crippen molar-refractivity contribution >= 4 is 27.5 Å². The second kappa shape index (κ2) is 9.54. The second-order valence-corrected chi connectivity index (χ2v) is 8.04. The van der Waals surface area contributed by atoms with Gasteiger partial charge in [-0.3, -0.25) is 9.78 Å². The summed E-state index contributed by atoms with van der Waals surface area (Å²) in [6, 6.07) is 7.56. The van der Waals surface area contributed by atoms with Crippen molar-refractivity contribution in [3.8, 4) is 17.6 Å². The molecule has 1 saturated heterocycles. The van der Waals surface area contributed by atoms with E-state index in [4.69, 9.17) is 0 Å². The number of allylic oxidation sites excluding steroid dienone is 4. The van der Waals surface area contributed by atoms with Crippen LogP contribution in [0, 0.1) is 11.3 Å². The molecule has 1 aliphatic rings. The van der Waals surface area contributed by atoms with E-state index in [1.54, 1.807) is 29.8 Å². The number of thiophene rings is 1. The highest BCUT2D eigenvalue weighted by molar-refractivity contribution is 7.17. The minimum Gasteiger partial charge on any atom is -0.368 e. The summed E-state index contributed by atoms with van der Waals surface area (Å²) in [5.74, 6) is 0.267. The number of piperazine rings is 1. The Kier molecular flexibility index (Phi) is 6.38. The van der Waals surface area contributed by atoms with Crippen molar-refractivity contribution in [3.63, 3.8) is 0 Å². The molecule has 1 aliphatic heterocycles. The smallest absolute Gasteiger partial charge is 0.257 e. The molecule has 0 bridgehead atoms. The number of hydrogen-bond donors (Lipinski definition) is 0. The summed E-state index contributed by atoms with van der Waals surface area (Å²) in [7, 11) is 0. The van der Waals surface area contributed by atoms with Gasteiger partial charge in [-0.2, -0.15) is 5.26 Å². The average Bonchev–Trinajstić information content (AvgIpc) is 3.27. The normalized spacial score (nSPS) is 14.7. The van der Waals surface area contributed by atoms with Gasteiger partial charge >= 0.3 is 0 Å². The van der Waals surface area contributed by atoms with Crippen molar-refractivity contribution in [2.75, 3.05) is 26.2 Å². The van der Waals surface area contributed by atoms with Crippen molar-refractivity contribution in [2.45, 2.75) is 6.92 Å². The number of fused-ring (bicyclic) bond motifs is 1. The Morgan fingerprint density at radius 2 is 2.00 bits per heavy atom. The molecule has 4 rings (SSSR count). The molecule has 3 aromatic rings. The maximum atomic E-state index is 13.4. The maximum absolute atomic E-state index is 13.4. The number of hydrogen-bond acceptors (Lipinski definition) is 7. The quantitative estimate of drug-likeness (QED) is 0.555. The van der Waals surface area contributed by atoms with Gasteiger partial charge in [0.05, 0.1) is 15.8 Å². The molecule has 32 heavy (non-hydrogen) atoms. The average molecular weight is 443 g/mol. The molecule has 0 unspecified atom stereocenters. The van der Waals surface area contributed by atoms with Crippen molar-refractivity contribution in [3.05, 3.63) is 77.6 Å². The van der Waals surface area contributed by atoms with Gasteiger partial charge in [0.1, 0.15) is 11.8 Å². The van der Waals surface area contributed by atoms with E-state index in [-0.39, 0.29) is 11.6 Å². The van der Waals surface area contributed by atoms with Crippen molar-refractivity contribution in [1.82, 2.24) is 24.8 Å². The zero-order valence-corrected chi connectivity index (χ0v) is 18.5. The van der Waals surface area contributed by atoms with Gasteiger partial charge < -0.3 is 9.80 Å². The van der Waals surface area contributed by atoms with E-state index in [0.717, 1.165) is 18.8 Å². The zero-order valence-electron chi connectivity index (χ0n) is 17.7. The Morgan fingerprint density at radius 1 is 1.22 bits per heavy atom. The Labute approximate surface area is 190 Å². The molecular weight excluding hydrogens is 420 g/mol. The van der Waals surface area contributed by atoms with Crippen LogP contribution in [0.15, 0.2) is 66.4 Å². The highest BCUT2D eigenvalue weighted by Gasteiger charge is 2.26. The molecule has 8 heteroatoms. The van der Waals surface area contributed by atoms with Gasteiger partial charge in [-0.15, -0.1) is 11.3 Å². The SMILES string of the molecule is C=C/C=C(\C=C/C)N1CCN(C(=O)c2csc3c(C#N)nc(-c4ccccn4)nc23)CC1. The van der Waals surface area contributed by atoms with Gasteiger partial charge in [-0.1, -0.05) is 24.8 Å². The van der Waals surface area contributed by atoms with E-state index in [0.29, 0.717) is 40.4 Å². The fourth-order valence-electron chi connectivity index (χ4n) is 3.65. The van der Waals surface area contributed by atoms with Crippen LogP contribution >= 0.6 is 11.3 Å². The lowest BCUT2D eigenvalue weighted by Crippen LogP contribution is -2.48. The highest BCUT2D eigenvalue weighted by atomic mass is 32.1. The first-order chi connectivity index (χ1) is 15.7. The minimum absolute atomic E-state index is 0.0780. The first-order valence-electron chi connectivity index (χ1n) is 10.3. The third kappa shape index (κ3) is 4.15. The molecule has 0 N–H and O–H groups in total. The fraction of sp³-hybridized carbons (Fsp3) is 0.208. The number of carbonyl (C=O) groups is 1. The third-order valence-corrected chi connectivity index (χ3v) is 6.18. The number of nitriles is 1. The number of pyridine rings is 1. The predicted molar refractivity (Wildman–Crippen MR) is 126 cm³/mol. The number of rotatable bonds is 5. The van der Waals surface area contributed by atoms with Crippen LogP contribution in [0.25, 0.3) is 21.7 Å². The predicted octanol–water partition coefficient (Wildman–Crippen LogP) is 4.03. The molecule has 0 aliphatic carbocycles.